The van der Waals surface area contributed by atoms with Crippen LogP contribution < -0.4 is 14.2 Å². The molecule has 0 amide bonds. The zero-order valence-corrected chi connectivity index (χ0v) is 15.2. The maximum Gasteiger partial charge on any atom is 0.231 e. The zero-order valence-electron chi connectivity index (χ0n) is 15.2. The van der Waals surface area contributed by atoms with Crippen LogP contribution in [-0.4, -0.2) is 27.4 Å². The summed E-state index contributed by atoms with van der Waals surface area (Å²) in [7, 11) is 2.03. The van der Waals surface area contributed by atoms with Gasteiger partial charge in [-0.3, -0.25) is 4.40 Å². The van der Waals surface area contributed by atoms with Crippen molar-refractivity contribution in [3.63, 3.8) is 0 Å². The first-order valence-corrected chi connectivity index (χ1v) is 8.90. The average Bonchev–Trinajstić information content (AvgIpc) is 3.38. The van der Waals surface area contributed by atoms with Gasteiger partial charge in [0.1, 0.15) is 5.75 Å². The Morgan fingerprint density at radius 3 is 2.56 bits per heavy atom. The molecule has 4 aromatic rings. The summed E-state index contributed by atoms with van der Waals surface area (Å²) in [6.07, 6.45) is 4.12. The molecule has 2 aromatic heterocycles. The van der Waals surface area contributed by atoms with Gasteiger partial charge in [-0.25, -0.2) is 4.98 Å². The van der Waals surface area contributed by atoms with Crippen LogP contribution in [0.3, 0.4) is 0 Å². The van der Waals surface area contributed by atoms with Crippen LogP contribution >= 0.6 is 0 Å². The Balaban J connectivity index is 1.51. The Morgan fingerprint density at radius 2 is 1.78 bits per heavy atom. The summed E-state index contributed by atoms with van der Waals surface area (Å²) in [6.45, 7) is 2.92. The Morgan fingerprint density at radius 1 is 1.00 bits per heavy atom. The summed E-state index contributed by atoms with van der Waals surface area (Å²) < 4.78 is 20.5. The summed E-state index contributed by atoms with van der Waals surface area (Å²) in [4.78, 5) is 4.81. The van der Waals surface area contributed by atoms with Crippen LogP contribution in [0.5, 0.6) is 17.2 Å². The third kappa shape index (κ3) is 2.61. The Labute approximate surface area is 156 Å². The van der Waals surface area contributed by atoms with Gasteiger partial charge in [0, 0.05) is 25.0 Å². The lowest BCUT2D eigenvalue weighted by atomic mass is 10.1. The van der Waals surface area contributed by atoms with Crippen LogP contribution in [0.15, 0.2) is 54.9 Å². The molecule has 0 saturated carbocycles. The standard InChI is InChI=1S/C21H19N3O3/c1-3-25-16-7-4-14(5-8-16)18-12-24-11-17(22-21(24)23(18)2)15-6-9-19-20(10-15)27-13-26-19/h4-12H,3,13H2,1-2H3. The maximum atomic E-state index is 5.52. The molecule has 0 aliphatic carbocycles. The van der Waals surface area contributed by atoms with Gasteiger partial charge in [0.25, 0.3) is 0 Å². The van der Waals surface area contributed by atoms with Gasteiger partial charge in [-0.05, 0) is 55.0 Å². The van der Waals surface area contributed by atoms with Crippen LogP contribution in [0.25, 0.3) is 28.3 Å². The molecule has 0 N–H and O–H groups in total. The number of aromatic nitrogens is 3. The highest BCUT2D eigenvalue weighted by atomic mass is 16.7. The van der Waals surface area contributed by atoms with E-state index in [9.17, 15) is 0 Å². The van der Waals surface area contributed by atoms with Gasteiger partial charge in [-0.15, -0.1) is 0 Å². The number of aryl methyl sites for hydroxylation is 1. The second-order valence-corrected chi connectivity index (χ2v) is 6.43. The topological polar surface area (TPSA) is 49.9 Å². The highest BCUT2D eigenvalue weighted by molar-refractivity contribution is 5.69. The fraction of sp³-hybridized carbons (Fsp3) is 0.190. The van der Waals surface area contributed by atoms with Gasteiger partial charge in [-0.2, -0.15) is 0 Å². The van der Waals surface area contributed by atoms with Crippen LogP contribution in [0, 0.1) is 0 Å². The largest absolute Gasteiger partial charge is 0.494 e. The van der Waals surface area contributed by atoms with Crippen molar-refractivity contribution < 1.29 is 14.2 Å². The van der Waals surface area contributed by atoms with Gasteiger partial charge < -0.3 is 18.8 Å². The summed E-state index contributed by atoms with van der Waals surface area (Å²) in [6, 6.07) is 14.0. The molecule has 6 nitrogen and oxygen atoms in total. The maximum absolute atomic E-state index is 5.52. The first kappa shape index (κ1) is 15.8. The number of ether oxygens (including phenoxy) is 3. The van der Waals surface area contributed by atoms with E-state index in [1.165, 1.54) is 0 Å². The number of rotatable bonds is 4. The molecule has 0 saturated heterocycles. The number of hydrogen-bond donors (Lipinski definition) is 0. The zero-order chi connectivity index (χ0) is 18.4. The molecular formula is C21H19N3O3. The van der Waals surface area contributed by atoms with Gasteiger partial charge in [0.15, 0.2) is 11.5 Å². The van der Waals surface area contributed by atoms with E-state index < -0.39 is 0 Å². The first-order valence-electron chi connectivity index (χ1n) is 8.90. The molecular weight excluding hydrogens is 342 g/mol. The van der Waals surface area contributed by atoms with Crippen molar-refractivity contribution in [2.45, 2.75) is 6.92 Å². The van der Waals surface area contributed by atoms with Crippen molar-refractivity contribution in [1.29, 1.82) is 0 Å². The highest BCUT2D eigenvalue weighted by Gasteiger charge is 2.17. The summed E-state index contributed by atoms with van der Waals surface area (Å²) in [5.74, 6) is 3.30. The van der Waals surface area contributed by atoms with Crippen molar-refractivity contribution in [3.05, 3.63) is 54.9 Å². The molecule has 136 valence electrons. The summed E-state index contributed by atoms with van der Waals surface area (Å²) in [5, 5.41) is 0. The molecule has 0 unspecified atom stereocenters. The van der Waals surface area contributed by atoms with Crippen LogP contribution in [0.4, 0.5) is 0 Å². The van der Waals surface area contributed by atoms with E-state index in [1.54, 1.807) is 0 Å². The molecule has 27 heavy (non-hydrogen) atoms. The van der Waals surface area contributed by atoms with E-state index in [-0.39, 0.29) is 6.79 Å². The lowest BCUT2D eigenvalue weighted by Gasteiger charge is -2.06. The van der Waals surface area contributed by atoms with E-state index in [0.29, 0.717) is 6.61 Å². The molecule has 0 radical (unpaired) electrons. The molecule has 0 spiro atoms. The molecule has 0 fully saturated rings. The number of imidazole rings is 2. The second-order valence-electron chi connectivity index (χ2n) is 6.43. The van der Waals surface area contributed by atoms with Crippen molar-refractivity contribution >= 4 is 5.78 Å². The predicted molar refractivity (Wildman–Crippen MR) is 102 cm³/mol. The number of hydrogen-bond acceptors (Lipinski definition) is 4. The van der Waals surface area contributed by atoms with Gasteiger partial charge >= 0.3 is 0 Å². The molecule has 0 bridgehead atoms. The third-order valence-corrected chi connectivity index (χ3v) is 4.76. The van der Waals surface area contributed by atoms with E-state index in [2.05, 4.69) is 22.9 Å². The minimum absolute atomic E-state index is 0.273. The molecule has 6 heteroatoms. The predicted octanol–water partition coefficient (Wildman–Crippen LogP) is 4.13. The lowest BCUT2D eigenvalue weighted by Crippen LogP contribution is -1.94. The highest BCUT2D eigenvalue weighted by Crippen LogP contribution is 2.36. The van der Waals surface area contributed by atoms with Crippen molar-refractivity contribution in [3.8, 4) is 39.8 Å². The van der Waals surface area contributed by atoms with Crippen LogP contribution in [-0.2, 0) is 7.05 Å². The molecule has 0 atom stereocenters. The van der Waals surface area contributed by atoms with Crippen LogP contribution in [0.1, 0.15) is 6.92 Å². The van der Waals surface area contributed by atoms with E-state index in [4.69, 9.17) is 19.2 Å². The van der Waals surface area contributed by atoms with Gasteiger partial charge in [0.2, 0.25) is 12.6 Å². The molecule has 2 aromatic carbocycles. The van der Waals surface area contributed by atoms with Crippen molar-refractivity contribution in [2.24, 2.45) is 7.05 Å². The second kappa shape index (κ2) is 6.09. The molecule has 3 heterocycles. The Hall–Kier alpha value is -3.41. The van der Waals surface area contributed by atoms with E-state index in [1.807, 2.05) is 54.9 Å². The minimum Gasteiger partial charge on any atom is -0.494 e. The SMILES string of the molecule is CCOc1ccc(-c2cn3cc(-c4ccc5c(c4)OCO5)nc3n2C)cc1. The molecule has 5 rings (SSSR count). The minimum atomic E-state index is 0.273. The number of benzene rings is 2. The smallest absolute Gasteiger partial charge is 0.231 e. The number of fused-ring (bicyclic) bond motifs is 2. The normalized spacial score (nSPS) is 12.7. The van der Waals surface area contributed by atoms with Gasteiger partial charge in [-0.1, -0.05) is 0 Å². The number of nitrogens with zero attached hydrogens (tertiary/aromatic N) is 3. The van der Waals surface area contributed by atoms with Gasteiger partial charge in [0.05, 0.1) is 18.0 Å². The van der Waals surface area contributed by atoms with E-state index in [0.717, 1.165) is 45.5 Å². The Kier molecular flexibility index (Phi) is 3.57. The third-order valence-electron chi connectivity index (χ3n) is 4.76. The van der Waals surface area contributed by atoms with Crippen LogP contribution in [0.2, 0.25) is 0 Å². The molecule has 1 aliphatic rings. The fourth-order valence-corrected chi connectivity index (χ4v) is 3.40. The quantitative estimate of drug-likeness (QED) is 0.548. The van der Waals surface area contributed by atoms with Crippen molar-refractivity contribution in [2.75, 3.05) is 13.4 Å². The average molecular weight is 361 g/mol. The lowest BCUT2D eigenvalue weighted by molar-refractivity contribution is 0.174. The molecule has 1 aliphatic heterocycles. The monoisotopic (exact) mass is 361 g/mol. The fourth-order valence-electron chi connectivity index (χ4n) is 3.40. The summed E-state index contributed by atoms with van der Waals surface area (Å²) in [5.41, 5.74) is 4.12. The Bertz CT molecular complexity index is 1130. The first-order chi connectivity index (χ1) is 13.2. The summed E-state index contributed by atoms with van der Waals surface area (Å²) >= 11 is 0. The van der Waals surface area contributed by atoms with Crippen molar-refractivity contribution in [1.82, 2.24) is 14.0 Å². The van der Waals surface area contributed by atoms with E-state index >= 15 is 0 Å².